The molecule has 2 aromatic rings. The Morgan fingerprint density at radius 2 is 1.82 bits per heavy atom. The lowest BCUT2D eigenvalue weighted by Gasteiger charge is -2.17. The van der Waals surface area contributed by atoms with E-state index in [2.05, 4.69) is 0 Å². The van der Waals surface area contributed by atoms with Gasteiger partial charge in [-0.15, -0.1) is 0 Å². The molecule has 0 atom stereocenters. The number of hydrogen-bond acceptors (Lipinski definition) is 5. The maximum atomic E-state index is 11.7. The van der Waals surface area contributed by atoms with Crippen LogP contribution in [0, 0.1) is 0 Å². The van der Waals surface area contributed by atoms with Crippen molar-refractivity contribution in [3.63, 3.8) is 0 Å². The van der Waals surface area contributed by atoms with Crippen LogP contribution < -0.4 is 19.9 Å². The average Bonchev–Trinajstić information content (AvgIpc) is 3.05. The molecule has 1 aliphatic carbocycles. The first kappa shape index (κ1) is 19.6. The normalized spacial score (nSPS) is 12.5. The second kappa shape index (κ2) is 7.82. The van der Waals surface area contributed by atoms with Gasteiger partial charge in [-0.2, -0.15) is 0 Å². The minimum Gasteiger partial charge on any atom is -0.493 e. The summed E-state index contributed by atoms with van der Waals surface area (Å²) in [5.74, 6) is -0.969. The summed E-state index contributed by atoms with van der Waals surface area (Å²) in [6, 6.07) is 8.18. The number of carboxylic acids is 1. The minimum absolute atomic E-state index is 0.0684. The second-order valence-electron chi connectivity index (χ2n) is 6.08. The third-order valence-electron chi connectivity index (χ3n) is 4.50. The third-order valence-corrected chi connectivity index (χ3v) is 4.81. The van der Waals surface area contributed by atoms with Gasteiger partial charge in [-0.25, -0.2) is 4.79 Å². The van der Waals surface area contributed by atoms with Crippen LogP contribution in [0.2, 0.25) is 5.02 Å². The van der Waals surface area contributed by atoms with E-state index in [-0.39, 0.29) is 41.4 Å². The molecule has 0 bridgehead atoms. The van der Waals surface area contributed by atoms with Gasteiger partial charge in [0, 0.05) is 33.7 Å². The number of primary amides is 1. The van der Waals surface area contributed by atoms with Gasteiger partial charge >= 0.3 is 5.97 Å². The quantitative estimate of drug-likeness (QED) is 0.735. The van der Waals surface area contributed by atoms with Gasteiger partial charge < -0.3 is 25.1 Å². The van der Waals surface area contributed by atoms with E-state index in [0.717, 1.165) is 5.56 Å². The molecule has 0 saturated carbocycles. The zero-order valence-electron chi connectivity index (χ0n) is 15.2. The lowest BCUT2D eigenvalue weighted by atomic mass is 10.1. The molecule has 0 unspecified atom stereocenters. The number of fused-ring (bicyclic) bond motifs is 1. The third kappa shape index (κ3) is 3.48. The monoisotopic (exact) mass is 403 g/mol. The Kier molecular flexibility index (Phi) is 5.46. The van der Waals surface area contributed by atoms with E-state index in [1.807, 2.05) is 6.07 Å². The Hall–Kier alpha value is -3.19. The number of carboxylic acid groups (broad SMARTS) is 1. The van der Waals surface area contributed by atoms with Crippen molar-refractivity contribution in [3.8, 4) is 17.2 Å². The first-order chi connectivity index (χ1) is 13.4. The van der Waals surface area contributed by atoms with Crippen LogP contribution in [0.1, 0.15) is 21.5 Å². The SMILES string of the molecule is COc1cc(C(N)=O)cc(OC)c1OCC1=C(C(=O)O)Cc2cccc(Cl)c21. The van der Waals surface area contributed by atoms with Crippen LogP contribution in [-0.4, -0.2) is 37.8 Å². The molecule has 0 fully saturated rings. The topological polar surface area (TPSA) is 108 Å². The number of amides is 1. The fourth-order valence-electron chi connectivity index (χ4n) is 3.17. The summed E-state index contributed by atoms with van der Waals surface area (Å²) in [4.78, 5) is 23.2. The summed E-state index contributed by atoms with van der Waals surface area (Å²) < 4.78 is 16.5. The number of nitrogens with two attached hydrogens (primary N) is 1. The van der Waals surface area contributed by atoms with Gasteiger partial charge in [0.25, 0.3) is 0 Å². The lowest BCUT2D eigenvalue weighted by molar-refractivity contribution is -0.132. The highest BCUT2D eigenvalue weighted by Gasteiger charge is 2.29. The van der Waals surface area contributed by atoms with Crippen molar-refractivity contribution >= 4 is 29.1 Å². The number of ether oxygens (including phenoxy) is 3. The molecule has 0 aromatic heterocycles. The molecule has 146 valence electrons. The van der Waals surface area contributed by atoms with Crippen LogP contribution in [0.15, 0.2) is 35.9 Å². The van der Waals surface area contributed by atoms with Gasteiger partial charge in [0.1, 0.15) is 6.61 Å². The molecule has 2 aromatic carbocycles. The van der Waals surface area contributed by atoms with E-state index in [0.29, 0.717) is 16.2 Å². The molecular weight excluding hydrogens is 386 g/mol. The first-order valence-electron chi connectivity index (χ1n) is 8.29. The van der Waals surface area contributed by atoms with Crippen LogP contribution in [0.25, 0.3) is 5.57 Å². The number of carbonyl (C=O) groups excluding carboxylic acids is 1. The highest BCUT2D eigenvalue weighted by molar-refractivity contribution is 6.33. The summed E-state index contributed by atoms with van der Waals surface area (Å²) in [6.45, 7) is -0.0684. The maximum absolute atomic E-state index is 11.7. The molecule has 8 heteroatoms. The predicted octanol–water partition coefficient (Wildman–Crippen LogP) is 2.93. The number of aliphatic carboxylic acids is 1. The Bertz CT molecular complexity index is 973. The molecule has 0 saturated heterocycles. The highest BCUT2D eigenvalue weighted by Crippen LogP contribution is 2.42. The molecule has 28 heavy (non-hydrogen) atoms. The minimum atomic E-state index is -1.03. The number of benzene rings is 2. The summed E-state index contributed by atoms with van der Waals surface area (Å²) in [5, 5.41) is 10.0. The Balaban J connectivity index is 2.01. The summed E-state index contributed by atoms with van der Waals surface area (Å²) in [6.07, 6.45) is 0.263. The van der Waals surface area contributed by atoms with Crippen LogP contribution in [0.4, 0.5) is 0 Å². The molecule has 1 aliphatic rings. The van der Waals surface area contributed by atoms with Gasteiger partial charge in [-0.3, -0.25) is 4.79 Å². The van der Waals surface area contributed by atoms with Crippen LogP contribution in [-0.2, 0) is 11.2 Å². The lowest BCUT2D eigenvalue weighted by Crippen LogP contribution is -2.12. The number of hydrogen-bond donors (Lipinski definition) is 2. The van der Waals surface area contributed by atoms with E-state index >= 15 is 0 Å². The van der Waals surface area contributed by atoms with Crippen molar-refractivity contribution in [3.05, 3.63) is 57.6 Å². The molecule has 3 rings (SSSR count). The fraction of sp³-hybridized carbons (Fsp3) is 0.200. The number of rotatable bonds is 7. The molecule has 0 spiro atoms. The molecule has 0 heterocycles. The number of methoxy groups -OCH3 is 2. The van der Waals surface area contributed by atoms with E-state index in [4.69, 9.17) is 31.5 Å². The predicted molar refractivity (Wildman–Crippen MR) is 103 cm³/mol. The van der Waals surface area contributed by atoms with Gasteiger partial charge in [-0.1, -0.05) is 23.7 Å². The zero-order valence-corrected chi connectivity index (χ0v) is 16.0. The Morgan fingerprint density at radius 3 is 2.36 bits per heavy atom. The van der Waals surface area contributed by atoms with E-state index in [1.54, 1.807) is 12.1 Å². The molecule has 3 N–H and O–H groups in total. The van der Waals surface area contributed by atoms with Crippen molar-refractivity contribution in [2.75, 3.05) is 20.8 Å². The van der Waals surface area contributed by atoms with Crippen molar-refractivity contribution < 1.29 is 28.9 Å². The number of carbonyl (C=O) groups is 2. The highest BCUT2D eigenvalue weighted by atomic mass is 35.5. The molecule has 7 nitrogen and oxygen atoms in total. The zero-order chi connectivity index (χ0) is 20.4. The summed E-state index contributed by atoms with van der Waals surface area (Å²) >= 11 is 6.31. The van der Waals surface area contributed by atoms with Crippen molar-refractivity contribution in [1.82, 2.24) is 0 Å². The maximum Gasteiger partial charge on any atom is 0.332 e. The molecule has 0 radical (unpaired) electrons. The van der Waals surface area contributed by atoms with Crippen molar-refractivity contribution in [2.45, 2.75) is 6.42 Å². The first-order valence-corrected chi connectivity index (χ1v) is 8.66. The van der Waals surface area contributed by atoms with Crippen molar-refractivity contribution in [2.24, 2.45) is 5.73 Å². The fourth-order valence-corrected chi connectivity index (χ4v) is 3.48. The van der Waals surface area contributed by atoms with Crippen molar-refractivity contribution in [1.29, 1.82) is 0 Å². The molecule has 0 aliphatic heterocycles. The standard InChI is InChI=1S/C20H18ClNO6/c1-26-15-7-11(19(22)23)8-16(27-2)18(15)28-9-13-12(20(24)25)6-10-4-3-5-14(21)17(10)13/h3-5,7-8H,6,9H2,1-2H3,(H2,22,23)(H,24,25). The van der Waals surface area contributed by atoms with Crippen LogP contribution in [0.5, 0.6) is 17.2 Å². The van der Waals surface area contributed by atoms with E-state index in [1.165, 1.54) is 26.4 Å². The van der Waals surface area contributed by atoms with E-state index in [9.17, 15) is 14.7 Å². The van der Waals surface area contributed by atoms with Crippen LogP contribution >= 0.6 is 11.6 Å². The van der Waals surface area contributed by atoms with Gasteiger partial charge in [-0.05, 0) is 23.8 Å². The van der Waals surface area contributed by atoms with Gasteiger partial charge in [0.05, 0.1) is 14.2 Å². The van der Waals surface area contributed by atoms with E-state index < -0.39 is 11.9 Å². The van der Waals surface area contributed by atoms with Gasteiger partial charge in [0.2, 0.25) is 11.7 Å². The number of halogens is 1. The smallest absolute Gasteiger partial charge is 0.332 e. The average molecular weight is 404 g/mol. The molecule has 1 amide bonds. The molecular formula is C20H18ClNO6. The summed E-state index contributed by atoms with van der Waals surface area (Å²) in [5.41, 5.74) is 7.71. The van der Waals surface area contributed by atoms with Crippen LogP contribution in [0.3, 0.4) is 0 Å². The second-order valence-corrected chi connectivity index (χ2v) is 6.48. The Labute approximate surface area is 166 Å². The summed E-state index contributed by atoms with van der Waals surface area (Å²) in [7, 11) is 2.83. The Morgan fingerprint density at radius 1 is 1.18 bits per heavy atom. The van der Waals surface area contributed by atoms with Gasteiger partial charge in [0.15, 0.2) is 11.5 Å². The largest absolute Gasteiger partial charge is 0.493 e.